The summed E-state index contributed by atoms with van der Waals surface area (Å²) in [6.45, 7) is 6.56. The molecule has 1 atom stereocenters. The zero-order valence-electron chi connectivity index (χ0n) is 23.6. The van der Waals surface area contributed by atoms with Crippen molar-refractivity contribution in [1.29, 1.82) is 0 Å². The number of ether oxygens (including phenoxy) is 2. The standard InChI is InChI=1S/C30H34N6O4S/c1-6-34(3)28-11-9-23(17-26(28)31)40-29-12-7-21(15-20(29)2)35(4)30-25-16-22(8-10-27(25)32-19-33-30)39-24-13-14-36(18-24)41(5,37)38/h6-12,15-17,19,24H,1,13-14,18,31H2,2-5H3/t24-/m0/s1. The highest BCUT2D eigenvalue weighted by Gasteiger charge is 2.30. The van der Waals surface area contributed by atoms with Crippen LogP contribution in [0.1, 0.15) is 12.0 Å². The number of nitrogens with two attached hydrogens (primary N) is 1. The number of hydrogen-bond acceptors (Lipinski definition) is 9. The van der Waals surface area contributed by atoms with Gasteiger partial charge in [0.15, 0.2) is 0 Å². The lowest BCUT2D eigenvalue weighted by molar-refractivity contribution is 0.216. The van der Waals surface area contributed by atoms with Crippen molar-refractivity contribution in [3.63, 3.8) is 0 Å². The molecule has 1 saturated heterocycles. The molecule has 0 saturated carbocycles. The van der Waals surface area contributed by atoms with Crippen molar-refractivity contribution < 1.29 is 17.9 Å². The van der Waals surface area contributed by atoms with Crippen molar-refractivity contribution in [2.45, 2.75) is 19.4 Å². The van der Waals surface area contributed by atoms with E-state index in [0.29, 0.717) is 48.3 Å². The summed E-state index contributed by atoms with van der Waals surface area (Å²) < 4.78 is 37.5. The zero-order valence-corrected chi connectivity index (χ0v) is 24.4. The molecule has 11 heteroatoms. The van der Waals surface area contributed by atoms with Crippen LogP contribution in [0.25, 0.3) is 10.9 Å². The van der Waals surface area contributed by atoms with Crippen molar-refractivity contribution in [3.8, 4) is 17.2 Å². The van der Waals surface area contributed by atoms with Gasteiger partial charge in [-0.2, -0.15) is 4.31 Å². The number of aryl methyl sites for hydroxylation is 1. The summed E-state index contributed by atoms with van der Waals surface area (Å²) in [5.74, 6) is 2.72. The monoisotopic (exact) mass is 574 g/mol. The molecule has 0 aliphatic carbocycles. The first kappa shape index (κ1) is 28.2. The largest absolute Gasteiger partial charge is 0.489 e. The Labute approximate surface area is 240 Å². The third-order valence-electron chi connectivity index (χ3n) is 7.21. The van der Waals surface area contributed by atoms with E-state index in [2.05, 4.69) is 16.5 Å². The third kappa shape index (κ3) is 6.06. The molecule has 4 aromatic rings. The first-order chi connectivity index (χ1) is 19.5. The highest BCUT2D eigenvalue weighted by atomic mass is 32.2. The number of anilines is 4. The Bertz CT molecular complexity index is 1710. The maximum absolute atomic E-state index is 11.9. The first-order valence-electron chi connectivity index (χ1n) is 13.2. The van der Waals surface area contributed by atoms with E-state index in [0.717, 1.165) is 27.8 Å². The van der Waals surface area contributed by atoms with Gasteiger partial charge in [0, 0.05) is 37.8 Å². The molecule has 2 N–H and O–H groups in total. The summed E-state index contributed by atoms with van der Waals surface area (Å²) in [5, 5.41) is 0.823. The molecule has 5 rings (SSSR count). The average Bonchev–Trinajstić information content (AvgIpc) is 3.42. The smallest absolute Gasteiger partial charge is 0.211 e. The average molecular weight is 575 g/mol. The molecule has 0 spiro atoms. The molecule has 214 valence electrons. The van der Waals surface area contributed by atoms with Crippen LogP contribution in [-0.2, 0) is 10.0 Å². The topological polar surface area (TPSA) is 114 Å². The molecule has 0 amide bonds. The third-order valence-corrected chi connectivity index (χ3v) is 8.48. The number of fused-ring (bicyclic) bond motifs is 1. The molecule has 10 nitrogen and oxygen atoms in total. The van der Waals surface area contributed by atoms with Gasteiger partial charge in [-0.1, -0.05) is 6.58 Å². The van der Waals surface area contributed by atoms with Gasteiger partial charge in [-0.25, -0.2) is 18.4 Å². The lowest BCUT2D eigenvalue weighted by Crippen LogP contribution is -2.29. The number of nitrogen functional groups attached to an aromatic ring is 1. The predicted molar refractivity (Wildman–Crippen MR) is 164 cm³/mol. The van der Waals surface area contributed by atoms with Gasteiger partial charge in [0.1, 0.15) is 35.5 Å². The molecule has 1 aliphatic heterocycles. The Morgan fingerprint density at radius 2 is 1.85 bits per heavy atom. The SMILES string of the molecule is C=CN(C)c1ccc(Oc2ccc(N(C)c3ncnc4ccc(O[C@H]5CCN(S(C)(=O)=O)C5)cc34)cc2C)cc1N. The Kier molecular flexibility index (Phi) is 7.74. The number of benzene rings is 3. The molecule has 2 heterocycles. The van der Waals surface area contributed by atoms with E-state index in [-0.39, 0.29) is 6.10 Å². The fraction of sp³-hybridized carbons (Fsp3) is 0.267. The number of hydrogen-bond donors (Lipinski definition) is 1. The number of nitrogens with zero attached hydrogens (tertiary/aromatic N) is 5. The van der Waals surface area contributed by atoms with Crippen LogP contribution in [0.2, 0.25) is 0 Å². The van der Waals surface area contributed by atoms with Crippen LogP contribution < -0.4 is 25.0 Å². The van der Waals surface area contributed by atoms with Gasteiger partial charge in [0.2, 0.25) is 10.0 Å². The van der Waals surface area contributed by atoms with Crippen LogP contribution in [0.15, 0.2) is 73.7 Å². The van der Waals surface area contributed by atoms with E-state index in [9.17, 15) is 8.42 Å². The molecular formula is C30H34N6O4S. The molecule has 1 aliphatic rings. The molecule has 3 aromatic carbocycles. The fourth-order valence-corrected chi connectivity index (χ4v) is 5.75. The predicted octanol–water partition coefficient (Wildman–Crippen LogP) is 5.07. The normalized spacial score (nSPS) is 15.6. The number of rotatable bonds is 9. The van der Waals surface area contributed by atoms with Gasteiger partial charge in [0.05, 0.1) is 29.7 Å². The van der Waals surface area contributed by atoms with Crippen LogP contribution >= 0.6 is 0 Å². The maximum Gasteiger partial charge on any atom is 0.211 e. The first-order valence-corrected chi connectivity index (χ1v) is 15.0. The van der Waals surface area contributed by atoms with Crippen molar-refractivity contribution >= 4 is 43.8 Å². The quantitative estimate of drug-likeness (QED) is 0.274. The minimum Gasteiger partial charge on any atom is -0.489 e. The molecule has 0 radical (unpaired) electrons. The molecular weight excluding hydrogens is 540 g/mol. The maximum atomic E-state index is 11.9. The summed E-state index contributed by atoms with van der Waals surface area (Å²) in [6.07, 6.45) is 4.89. The van der Waals surface area contributed by atoms with E-state index in [1.165, 1.54) is 16.9 Å². The van der Waals surface area contributed by atoms with Crippen molar-refractivity contribution in [1.82, 2.24) is 14.3 Å². The van der Waals surface area contributed by atoms with E-state index >= 15 is 0 Å². The van der Waals surface area contributed by atoms with Crippen LogP contribution in [0.5, 0.6) is 17.2 Å². The van der Waals surface area contributed by atoms with E-state index in [4.69, 9.17) is 15.2 Å². The molecule has 0 bridgehead atoms. The molecule has 1 fully saturated rings. The van der Waals surface area contributed by atoms with Gasteiger partial charge in [-0.05, 0) is 73.6 Å². The Balaban J connectivity index is 1.36. The summed E-state index contributed by atoms with van der Waals surface area (Å²) in [4.78, 5) is 12.8. The second kappa shape index (κ2) is 11.3. The summed E-state index contributed by atoms with van der Waals surface area (Å²) in [7, 11) is 0.595. The number of aromatic nitrogens is 2. The molecule has 41 heavy (non-hydrogen) atoms. The highest BCUT2D eigenvalue weighted by molar-refractivity contribution is 7.88. The van der Waals surface area contributed by atoms with Crippen LogP contribution in [0.4, 0.5) is 22.9 Å². The van der Waals surface area contributed by atoms with Crippen molar-refractivity contribution in [2.75, 3.05) is 49.0 Å². The Morgan fingerprint density at radius 3 is 2.54 bits per heavy atom. The Hall–Kier alpha value is -4.35. The van der Waals surface area contributed by atoms with Gasteiger partial charge in [-0.15, -0.1) is 0 Å². The lowest BCUT2D eigenvalue weighted by atomic mass is 10.1. The number of sulfonamides is 1. The van der Waals surface area contributed by atoms with Gasteiger partial charge >= 0.3 is 0 Å². The van der Waals surface area contributed by atoms with E-state index < -0.39 is 10.0 Å². The van der Waals surface area contributed by atoms with Gasteiger partial charge in [-0.3, -0.25) is 0 Å². The van der Waals surface area contributed by atoms with Crippen LogP contribution in [-0.4, -0.2) is 62.2 Å². The van der Waals surface area contributed by atoms with E-state index in [1.54, 1.807) is 12.3 Å². The van der Waals surface area contributed by atoms with E-state index in [1.807, 2.05) is 79.3 Å². The minimum absolute atomic E-state index is 0.211. The summed E-state index contributed by atoms with van der Waals surface area (Å²) in [5.41, 5.74) is 10.3. The fourth-order valence-electron chi connectivity index (χ4n) is 4.87. The Morgan fingerprint density at radius 1 is 1.07 bits per heavy atom. The lowest BCUT2D eigenvalue weighted by Gasteiger charge is -2.22. The molecule has 1 aromatic heterocycles. The second-order valence-corrected chi connectivity index (χ2v) is 12.1. The summed E-state index contributed by atoms with van der Waals surface area (Å²) in [6, 6.07) is 17.2. The van der Waals surface area contributed by atoms with Crippen molar-refractivity contribution in [3.05, 3.63) is 79.3 Å². The second-order valence-electron chi connectivity index (χ2n) is 10.2. The van der Waals surface area contributed by atoms with Gasteiger partial charge < -0.3 is 25.0 Å². The highest BCUT2D eigenvalue weighted by Crippen LogP contribution is 2.35. The zero-order chi connectivity index (χ0) is 29.3. The van der Waals surface area contributed by atoms with Gasteiger partial charge in [0.25, 0.3) is 0 Å². The van der Waals surface area contributed by atoms with Crippen molar-refractivity contribution in [2.24, 2.45) is 0 Å². The van der Waals surface area contributed by atoms with Crippen LogP contribution in [0, 0.1) is 6.92 Å². The minimum atomic E-state index is -3.24. The summed E-state index contributed by atoms with van der Waals surface area (Å²) >= 11 is 0. The van der Waals surface area contributed by atoms with Crippen LogP contribution in [0.3, 0.4) is 0 Å². The molecule has 0 unspecified atom stereocenters.